The van der Waals surface area contributed by atoms with Crippen LogP contribution in [0.4, 0.5) is 0 Å². The van der Waals surface area contributed by atoms with Crippen LogP contribution in [0.15, 0.2) is 53.4 Å². The summed E-state index contributed by atoms with van der Waals surface area (Å²) >= 11 is 0. The van der Waals surface area contributed by atoms with Gasteiger partial charge in [0, 0.05) is 16.6 Å². The number of H-pyrrole nitrogens is 1. The van der Waals surface area contributed by atoms with Crippen molar-refractivity contribution >= 4 is 20.7 Å². The predicted octanol–water partition coefficient (Wildman–Crippen LogP) is 5.35. The number of nitrogens with one attached hydrogen (secondary N) is 1. The number of para-hydroxylation sites is 1. The van der Waals surface area contributed by atoms with Gasteiger partial charge in [-0.15, -0.1) is 0 Å². The molecule has 0 saturated carbocycles. The standard InChI is InChI=1S/C21H25NO2S/c1-14-10-12-16(13-11-14)25(23,24)20(21(3,4)5)19-15(2)22-18-9-7-6-8-17(18)19/h6-13,20,22H,1-5H3. The summed E-state index contributed by atoms with van der Waals surface area (Å²) in [5, 5.41) is 0.356. The van der Waals surface area contributed by atoms with E-state index in [0.717, 1.165) is 27.7 Å². The average molecular weight is 356 g/mol. The van der Waals surface area contributed by atoms with Crippen molar-refractivity contribution in [3.05, 3.63) is 65.4 Å². The van der Waals surface area contributed by atoms with Crippen molar-refractivity contribution in [1.29, 1.82) is 0 Å². The molecule has 0 bridgehead atoms. The molecule has 1 heterocycles. The van der Waals surface area contributed by atoms with Gasteiger partial charge in [-0.3, -0.25) is 0 Å². The maximum Gasteiger partial charge on any atom is 0.185 e. The van der Waals surface area contributed by atoms with Gasteiger partial charge < -0.3 is 4.98 Å². The molecule has 3 aromatic rings. The fraction of sp³-hybridized carbons (Fsp3) is 0.333. The zero-order chi connectivity index (χ0) is 18.4. The SMILES string of the molecule is Cc1ccc(S(=O)(=O)C(c2c(C)[nH]c3ccccc23)C(C)(C)C)cc1. The number of hydrogen-bond acceptors (Lipinski definition) is 2. The van der Waals surface area contributed by atoms with Crippen molar-refractivity contribution in [3.63, 3.8) is 0 Å². The van der Waals surface area contributed by atoms with Crippen LogP contribution in [0.2, 0.25) is 0 Å². The van der Waals surface area contributed by atoms with Crippen LogP contribution in [-0.4, -0.2) is 13.4 Å². The van der Waals surface area contributed by atoms with Gasteiger partial charge in [-0.2, -0.15) is 0 Å². The number of sulfone groups is 1. The van der Waals surface area contributed by atoms with E-state index < -0.39 is 20.5 Å². The van der Waals surface area contributed by atoms with Gasteiger partial charge in [0.1, 0.15) is 0 Å². The lowest BCUT2D eigenvalue weighted by Crippen LogP contribution is -2.27. The third-order valence-corrected chi connectivity index (χ3v) is 7.14. The summed E-state index contributed by atoms with van der Waals surface area (Å²) in [5.41, 5.74) is 3.37. The Balaban J connectivity index is 2.29. The molecule has 0 aliphatic rings. The number of fused-ring (bicyclic) bond motifs is 1. The molecule has 0 aliphatic carbocycles. The number of aromatic nitrogens is 1. The molecule has 0 spiro atoms. The minimum Gasteiger partial charge on any atom is -0.358 e. The first-order valence-electron chi connectivity index (χ1n) is 8.50. The van der Waals surface area contributed by atoms with Gasteiger partial charge in [0.15, 0.2) is 9.84 Å². The van der Waals surface area contributed by atoms with Crippen LogP contribution in [-0.2, 0) is 9.84 Å². The molecule has 25 heavy (non-hydrogen) atoms. The molecule has 4 heteroatoms. The number of hydrogen-bond donors (Lipinski definition) is 1. The summed E-state index contributed by atoms with van der Waals surface area (Å²) in [6, 6.07) is 15.0. The molecule has 0 radical (unpaired) electrons. The normalized spacial score (nSPS) is 14.0. The maximum atomic E-state index is 13.6. The first-order valence-corrected chi connectivity index (χ1v) is 10.0. The molecule has 2 aromatic carbocycles. The van der Waals surface area contributed by atoms with Gasteiger partial charge in [-0.1, -0.05) is 56.7 Å². The fourth-order valence-electron chi connectivity index (χ4n) is 3.55. The molecule has 132 valence electrons. The van der Waals surface area contributed by atoms with Gasteiger partial charge >= 0.3 is 0 Å². The molecule has 3 nitrogen and oxygen atoms in total. The van der Waals surface area contributed by atoms with Gasteiger partial charge in [0.25, 0.3) is 0 Å². The molecule has 3 rings (SSSR count). The Bertz CT molecular complexity index is 1010. The zero-order valence-electron chi connectivity index (χ0n) is 15.4. The van der Waals surface area contributed by atoms with Gasteiger partial charge in [0.2, 0.25) is 0 Å². The molecule has 0 aliphatic heterocycles. The summed E-state index contributed by atoms with van der Waals surface area (Å²) in [5.74, 6) is 0. The molecule has 1 N–H and O–H groups in total. The lowest BCUT2D eigenvalue weighted by molar-refractivity contribution is 0.383. The minimum atomic E-state index is -3.53. The third kappa shape index (κ3) is 3.11. The molecule has 0 fully saturated rings. The van der Waals surface area contributed by atoms with Gasteiger partial charge in [0.05, 0.1) is 10.1 Å². The van der Waals surface area contributed by atoms with Crippen LogP contribution < -0.4 is 0 Å². The zero-order valence-corrected chi connectivity index (χ0v) is 16.2. The number of benzene rings is 2. The second-order valence-electron chi connectivity index (χ2n) is 7.81. The minimum absolute atomic E-state index is 0.378. The van der Waals surface area contributed by atoms with Crippen LogP contribution in [0, 0.1) is 19.3 Å². The smallest absolute Gasteiger partial charge is 0.185 e. The number of rotatable bonds is 3. The average Bonchev–Trinajstić information content (AvgIpc) is 2.83. The van der Waals surface area contributed by atoms with E-state index in [1.165, 1.54) is 0 Å². The van der Waals surface area contributed by atoms with E-state index in [4.69, 9.17) is 0 Å². The summed E-state index contributed by atoms with van der Waals surface area (Å²) in [6.07, 6.45) is 0. The Labute approximate surface area is 150 Å². The van der Waals surface area contributed by atoms with Crippen LogP contribution in [0.5, 0.6) is 0 Å². The van der Waals surface area contributed by atoms with E-state index in [9.17, 15) is 8.42 Å². The Hall–Kier alpha value is -2.07. The molecule has 0 amide bonds. The van der Waals surface area contributed by atoms with E-state index in [1.54, 1.807) is 12.1 Å². The summed E-state index contributed by atoms with van der Waals surface area (Å²) in [7, 11) is -3.53. The molecule has 0 saturated heterocycles. The molecule has 1 aromatic heterocycles. The Morgan fingerprint density at radius 2 is 1.52 bits per heavy atom. The highest BCUT2D eigenvalue weighted by atomic mass is 32.2. The van der Waals surface area contributed by atoms with E-state index in [2.05, 4.69) is 4.98 Å². The topological polar surface area (TPSA) is 49.9 Å². The molecule has 1 atom stereocenters. The second-order valence-corrected chi connectivity index (χ2v) is 9.85. The van der Waals surface area contributed by atoms with E-state index in [0.29, 0.717) is 4.90 Å². The quantitative estimate of drug-likeness (QED) is 0.689. The molecular formula is C21H25NO2S. The maximum absolute atomic E-state index is 13.6. The highest BCUT2D eigenvalue weighted by molar-refractivity contribution is 7.91. The lowest BCUT2D eigenvalue weighted by atomic mass is 9.86. The van der Waals surface area contributed by atoms with Crippen molar-refractivity contribution in [3.8, 4) is 0 Å². The Morgan fingerprint density at radius 3 is 2.12 bits per heavy atom. The monoisotopic (exact) mass is 355 g/mol. The van der Waals surface area contributed by atoms with Crippen molar-refractivity contribution < 1.29 is 8.42 Å². The van der Waals surface area contributed by atoms with Crippen molar-refractivity contribution in [1.82, 2.24) is 4.98 Å². The predicted molar refractivity (Wildman–Crippen MR) is 104 cm³/mol. The lowest BCUT2D eigenvalue weighted by Gasteiger charge is -2.31. The fourth-order valence-corrected chi connectivity index (χ4v) is 5.89. The molecule has 1 unspecified atom stereocenters. The second kappa shape index (κ2) is 6.03. The number of aryl methyl sites for hydroxylation is 2. The highest BCUT2D eigenvalue weighted by Crippen LogP contribution is 2.46. The van der Waals surface area contributed by atoms with Crippen LogP contribution in [0.3, 0.4) is 0 Å². The summed E-state index contributed by atoms with van der Waals surface area (Å²) < 4.78 is 27.1. The first-order chi connectivity index (χ1) is 11.6. The van der Waals surface area contributed by atoms with Crippen LogP contribution >= 0.6 is 0 Å². The first kappa shape index (κ1) is 17.7. The largest absolute Gasteiger partial charge is 0.358 e. The van der Waals surface area contributed by atoms with Gasteiger partial charge in [-0.25, -0.2) is 8.42 Å². The van der Waals surface area contributed by atoms with Crippen molar-refractivity contribution in [2.45, 2.75) is 44.8 Å². The van der Waals surface area contributed by atoms with Crippen LogP contribution in [0.25, 0.3) is 10.9 Å². The third-order valence-electron chi connectivity index (χ3n) is 4.65. The Morgan fingerprint density at radius 1 is 0.920 bits per heavy atom. The Kier molecular flexibility index (Phi) is 4.28. The van der Waals surface area contributed by atoms with Gasteiger partial charge in [-0.05, 0) is 43.0 Å². The van der Waals surface area contributed by atoms with E-state index >= 15 is 0 Å². The summed E-state index contributed by atoms with van der Waals surface area (Å²) in [6.45, 7) is 9.89. The van der Waals surface area contributed by atoms with Crippen molar-refractivity contribution in [2.75, 3.05) is 0 Å². The van der Waals surface area contributed by atoms with E-state index in [-0.39, 0.29) is 0 Å². The van der Waals surface area contributed by atoms with E-state index in [1.807, 2.05) is 71.0 Å². The van der Waals surface area contributed by atoms with Crippen LogP contribution in [0.1, 0.15) is 42.8 Å². The highest BCUT2D eigenvalue weighted by Gasteiger charge is 2.41. The number of aromatic amines is 1. The molecular weight excluding hydrogens is 330 g/mol. The van der Waals surface area contributed by atoms with Crippen molar-refractivity contribution in [2.24, 2.45) is 5.41 Å². The summed E-state index contributed by atoms with van der Waals surface area (Å²) in [4.78, 5) is 3.73.